The molecule has 1 aromatic carbocycles. The molecule has 0 aliphatic heterocycles. The van der Waals surface area contributed by atoms with Crippen molar-refractivity contribution in [1.82, 2.24) is 19.3 Å². The van der Waals surface area contributed by atoms with Crippen molar-refractivity contribution in [3.8, 4) is 0 Å². The fourth-order valence-electron chi connectivity index (χ4n) is 2.54. The second-order valence-electron chi connectivity index (χ2n) is 4.94. The summed E-state index contributed by atoms with van der Waals surface area (Å²) in [4.78, 5) is 16.9. The molecule has 0 saturated heterocycles. The molecule has 0 radical (unpaired) electrons. The molecule has 0 unspecified atom stereocenters. The van der Waals surface area contributed by atoms with Gasteiger partial charge in [-0.05, 0) is 18.2 Å². The Morgan fingerprint density at radius 3 is 2.86 bits per heavy atom. The van der Waals surface area contributed by atoms with Crippen molar-refractivity contribution in [2.45, 2.75) is 6.04 Å². The van der Waals surface area contributed by atoms with Gasteiger partial charge >= 0.3 is 0 Å². The van der Waals surface area contributed by atoms with Crippen LogP contribution in [0.2, 0.25) is 0 Å². The lowest BCUT2D eigenvalue weighted by atomic mass is 10.2. The van der Waals surface area contributed by atoms with Crippen LogP contribution >= 0.6 is 0 Å². The molecule has 6 nitrogen and oxygen atoms in total. The van der Waals surface area contributed by atoms with Gasteiger partial charge in [0.05, 0.1) is 24.1 Å². The van der Waals surface area contributed by atoms with E-state index in [0.717, 1.165) is 5.69 Å². The summed E-state index contributed by atoms with van der Waals surface area (Å²) in [6.07, 6.45) is 3.05. The van der Waals surface area contributed by atoms with Crippen molar-refractivity contribution in [3.63, 3.8) is 0 Å². The number of methoxy groups -OCH3 is 1. The summed E-state index contributed by atoms with van der Waals surface area (Å²) in [5.74, 6) is -0.578. The lowest BCUT2D eigenvalue weighted by Crippen LogP contribution is -2.30. The molecule has 0 fully saturated rings. The maximum absolute atomic E-state index is 14.0. The van der Waals surface area contributed by atoms with Gasteiger partial charge in [-0.25, -0.2) is 9.37 Å². The highest BCUT2D eigenvalue weighted by atomic mass is 19.1. The van der Waals surface area contributed by atoms with E-state index in [-0.39, 0.29) is 12.0 Å². The highest BCUT2D eigenvalue weighted by Gasteiger charge is 2.20. The van der Waals surface area contributed by atoms with E-state index in [4.69, 9.17) is 4.74 Å². The smallest absolute Gasteiger partial charge is 0.264 e. The Morgan fingerprint density at radius 1 is 1.36 bits per heavy atom. The molecule has 7 heteroatoms. The Hall–Kier alpha value is -2.54. The third-order valence-corrected chi connectivity index (χ3v) is 3.62. The topological polar surface area (TPSA) is 61.9 Å². The third kappa shape index (κ3) is 2.29. The lowest BCUT2D eigenvalue weighted by molar-refractivity contribution is 0.164. The third-order valence-electron chi connectivity index (χ3n) is 3.62. The van der Waals surface area contributed by atoms with Crippen LogP contribution in [0.5, 0.6) is 0 Å². The Kier molecular flexibility index (Phi) is 3.72. The molecule has 2 aromatic heterocycles. The molecule has 0 spiro atoms. The van der Waals surface area contributed by atoms with E-state index >= 15 is 0 Å². The van der Waals surface area contributed by atoms with Crippen LogP contribution in [0.15, 0.2) is 41.6 Å². The summed E-state index contributed by atoms with van der Waals surface area (Å²) < 4.78 is 22.2. The Bertz CT molecular complexity index is 871. The number of halogens is 1. The van der Waals surface area contributed by atoms with Crippen molar-refractivity contribution < 1.29 is 9.13 Å². The SMILES string of the molecule is COC[C@H](c1ccnn1C)n1cnc2cccc(F)c2c1=O. The van der Waals surface area contributed by atoms with Gasteiger partial charge in [-0.1, -0.05) is 6.07 Å². The maximum Gasteiger partial charge on any atom is 0.264 e. The Balaban J connectivity index is 2.23. The number of ether oxygens (including phenoxy) is 1. The van der Waals surface area contributed by atoms with Crippen LogP contribution in [0.25, 0.3) is 10.9 Å². The van der Waals surface area contributed by atoms with E-state index in [1.54, 1.807) is 37.2 Å². The Labute approximate surface area is 125 Å². The molecule has 3 rings (SSSR count). The first-order valence-electron chi connectivity index (χ1n) is 6.75. The zero-order valence-electron chi connectivity index (χ0n) is 12.2. The molecular weight excluding hydrogens is 287 g/mol. The van der Waals surface area contributed by atoms with Gasteiger partial charge in [-0.3, -0.25) is 14.0 Å². The van der Waals surface area contributed by atoms with E-state index in [0.29, 0.717) is 5.52 Å². The summed E-state index contributed by atoms with van der Waals surface area (Å²) in [6.45, 7) is 0.251. The van der Waals surface area contributed by atoms with Gasteiger partial charge in [-0.15, -0.1) is 0 Å². The average Bonchev–Trinajstić information content (AvgIpc) is 2.92. The van der Waals surface area contributed by atoms with Gasteiger partial charge in [-0.2, -0.15) is 5.10 Å². The van der Waals surface area contributed by atoms with Crippen molar-refractivity contribution >= 4 is 10.9 Å². The summed E-state index contributed by atoms with van der Waals surface area (Å²) in [5, 5.41) is 4.09. The number of nitrogens with zero attached hydrogens (tertiary/aromatic N) is 4. The highest BCUT2D eigenvalue weighted by Crippen LogP contribution is 2.18. The molecule has 0 bridgehead atoms. The number of aryl methyl sites for hydroxylation is 1. The predicted octanol–water partition coefficient (Wildman–Crippen LogP) is 1.50. The molecular formula is C15H15FN4O2. The van der Waals surface area contributed by atoms with E-state index in [1.165, 1.54) is 23.0 Å². The van der Waals surface area contributed by atoms with Crippen LogP contribution in [0.3, 0.4) is 0 Å². The van der Waals surface area contributed by atoms with Crippen molar-refractivity contribution in [3.05, 3.63) is 58.7 Å². The largest absolute Gasteiger partial charge is 0.382 e. The summed E-state index contributed by atoms with van der Waals surface area (Å²) in [6, 6.07) is 5.76. The molecule has 114 valence electrons. The number of aromatic nitrogens is 4. The fraction of sp³-hybridized carbons (Fsp3) is 0.267. The number of benzene rings is 1. The summed E-state index contributed by atoms with van der Waals surface area (Å²) >= 11 is 0. The highest BCUT2D eigenvalue weighted by molar-refractivity contribution is 5.77. The molecule has 1 atom stereocenters. The molecule has 0 N–H and O–H groups in total. The number of rotatable bonds is 4. The minimum atomic E-state index is -0.578. The van der Waals surface area contributed by atoms with Gasteiger partial charge in [0.1, 0.15) is 17.2 Å². The average molecular weight is 302 g/mol. The molecule has 0 aliphatic rings. The minimum Gasteiger partial charge on any atom is -0.382 e. The van der Waals surface area contributed by atoms with Gasteiger partial charge in [0, 0.05) is 20.4 Å². The van der Waals surface area contributed by atoms with E-state index < -0.39 is 17.4 Å². The van der Waals surface area contributed by atoms with Crippen molar-refractivity contribution in [1.29, 1.82) is 0 Å². The molecule has 3 aromatic rings. The van der Waals surface area contributed by atoms with Gasteiger partial charge in [0.2, 0.25) is 0 Å². The van der Waals surface area contributed by atoms with E-state index in [2.05, 4.69) is 10.1 Å². The molecule has 2 heterocycles. The Morgan fingerprint density at radius 2 is 2.18 bits per heavy atom. The van der Waals surface area contributed by atoms with E-state index in [1.807, 2.05) is 0 Å². The number of fused-ring (bicyclic) bond motifs is 1. The van der Waals surface area contributed by atoms with Crippen LogP contribution in [0, 0.1) is 5.82 Å². The first-order chi connectivity index (χ1) is 10.6. The minimum absolute atomic E-state index is 0.0201. The maximum atomic E-state index is 14.0. The predicted molar refractivity (Wildman–Crippen MR) is 79.2 cm³/mol. The van der Waals surface area contributed by atoms with Crippen LogP contribution in [-0.4, -0.2) is 33.0 Å². The van der Waals surface area contributed by atoms with Crippen LogP contribution < -0.4 is 5.56 Å². The first kappa shape index (κ1) is 14.4. The summed E-state index contributed by atoms with van der Waals surface area (Å²) in [5.41, 5.74) is 0.676. The van der Waals surface area contributed by atoms with Crippen molar-refractivity contribution in [2.24, 2.45) is 7.05 Å². The van der Waals surface area contributed by atoms with Gasteiger partial charge in [0.15, 0.2) is 0 Å². The fourth-order valence-corrected chi connectivity index (χ4v) is 2.54. The number of hydrogen-bond acceptors (Lipinski definition) is 4. The normalized spacial score (nSPS) is 12.7. The zero-order valence-corrected chi connectivity index (χ0v) is 12.2. The van der Waals surface area contributed by atoms with Crippen LogP contribution in [0.1, 0.15) is 11.7 Å². The second-order valence-corrected chi connectivity index (χ2v) is 4.94. The quantitative estimate of drug-likeness (QED) is 0.733. The van der Waals surface area contributed by atoms with Crippen LogP contribution in [-0.2, 0) is 11.8 Å². The summed E-state index contributed by atoms with van der Waals surface area (Å²) in [7, 11) is 3.32. The van der Waals surface area contributed by atoms with Gasteiger partial charge in [0.25, 0.3) is 5.56 Å². The van der Waals surface area contributed by atoms with E-state index in [9.17, 15) is 9.18 Å². The first-order valence-corrected chi connectivity index (χ1v) is 6.75. The van der Waals surface area contributed by atoms with Gasteiger partial charge < -0.3 is 4.74 Å². The monoisotopic (exact) mass is 302 g/mol. The second kappa shape index (κ2) is 5.69. The zero-order chi connectivity index (χ0) is 15.7. The molecule has 0 saturated carbocycles. The number of hydrogen-bond donors (Lipinski definition) is 0. The van der Waals surface area contributed by atoms with Crippen molar-refractivity contribution in [2.75, 3.05) is 13.7 Å². The standard InChI is InChI=1S/C15H15FN4O2/c1-19-12(6-7-18-19)13(8-22-2)20-9-17-11-5-3-4-10(16)14(11)15(20)21/h3-7,9,13H,8H2,1-2H3/t13-/m1/s1. The molecule has 22 heavy (non-hydrogen) atoms. The molecule has 0 aliphatic carbocycles. The lowest BCUT2D eigenvalue weighted by Gasteiger charge is -2.19. The molecule has 0 amide bonds. The van der Waals surface area contributed by atoms with Crippen LogP contribution in [0.4, 0.5) is 4.39 Å².